The number of rotatable bonds is 7. The van der Waals surface area contributed by atoms with Gasteiger partial charge in [0.1, 0.15) is 0 Å². The molecule has 3 aliphatic carbocycles. The van der Waals surface area contributed by atoms with Gasteiger partial charge in [0.25, 0.3) is 5.56 Å². The molecule has 37 heavy (non-hydrogen) atoms. The number of halogens is 3. The van der Waals surface area contributed by atoms with Crippen molar-refractivity contribution >= 4 is 11.2 Å². The van der Waals surface area contributed by atoms with Crippen molar-refractivity contribution in [3.05, 3.63) is 63.3 Å². The zero-order valence-electron chi connectivity index (χ0n) is 20.7. The maximum Gasteiger partial charge on any atom is 0.417 e. The van der Waals surface area contributed by atoms with Crippen LogP contribution in [0.2, 0.25) is 0 Å². The number of nitrogens with zero attached hydrogens (tertiary/aromatic N) is 4. The van der Waals surface area contributed by atoms with E-state index in [1.165, 1.54) is 11.6 Å². The van der Waals surface area contributed by atoms with Crippen molar-refractivity contribution in [3.8, 4) is 0 Å². The van der Waals surface area contributed by atoms with Crippen LogP contribution in [-0.2, 0) is 24.9 Å². The van der Waals surface area contributed by atoms with Crippen molar-refractivity contribution in [2.45, 2.75) is 69.8 Å². The van der Waals surface area contributed by atoms with E-state index in [1.54, 1.807) is 17.0 Å². The highest BCUT2D eigenvalue weighted by atomic mass is 19.4. The Balaban J connectivity index is 1.50. The van der Waals surface area contributed by atoms with Gasteiger partial charge in [-0.1, -0.05) is 24.3 Å². The first-order valence-corrected chi connectivity index (χ1v) is 12.6. The Morgan fingerprint density at radius 3 is 2.54 bits per heavy atom. The quantitative estimate of drug-likeness (QED) is 0.603. The van der Waals surface area contributed by atoms with Gasteiger partial charge in [-0.15, -0.1) is 0 Å². The standard InChI is InChI=1S/C26H31F3N4O4/c1-31-21-20(32(17-30-21)14-18-8-9-18)22(34)33(23(31)35)15-24(16-37-19-6-4-2-3-5-7-19)10-12-25(36,13-11-24)26(27,28)29/h2-6,17-18,36H,7-16H2,1H3. The third kappa shape index (κ3) is 4.93. The van der Waals surface area contributed by atoms with Crippen LogP contribution in [-0.4, -0.2) is 42.2 Å². The van der Waals surface area contributed by atoms with Crippen LogP contribution in [0.15, 0.2) is 52.1 Å². The summed E-state index contributed by atoms with van der Waals surface area (Å²) < 4.78 is 51.0. The van der Waals surface area contributed by atoms with E-state index in [9.17, 15) is 27.9 Å². The van der Waals surface area contributed by atoms with Crippen molar-refractivity contribution < 1.29 is 23.0 Å². The molecule has 0 aromatic carbocycles. The van der Waals surface area contributed by atoms with Gasteiger partial charge in [-0.3, -0.25) is 13.9 Å². The zero-order valence-corrected chi connectivity index (χ0v) is 20.7. The second kappa shape index (κ2) is 9.34. The normalized spacial score (nSPS) is 26.4. The maximum atomic E-state index is 13.6. The van der Waals surface area contributed by atoms with Crippen molar-refractivity contribution in [3.63, 3.8) is 0 Å². The number of hydrogen-bond donors (Lipinski definition) is 1. The van der Waals surface area contributed by atoms with E-state index < -0.39 is 41.3 Å². The third-order valence-corrected chi connectivity index (χ3v) is 7.94. The lowest BCUT2D eigenvalue weighted by molar-refractivity contribution is -0.277. The number of hydrogen-bond acceptors (Lipinski definition) is 5. The van der Waals surface area contributed by atoms with Crippen LogP contribution in [0.5, 0.6) is 0 Å². The Morgan fingerprint density at radius 1 is 1.14 bits per heavy atom. The number of allylic oxidation sites excluding steroid dienone is 5. The van der Waals surface area contributed by atoms with Crippen LogP contribution >= 0.6 is 0 Å². The lowest BCUT2D eigenvalue weighted by Crippen LogP contribution is -2.53. The number of imidazole rings is 1. The second-order valence-electron chi connectivity index (χ2n) is 10.7. The fourth-order valence-corrected chi connectivity index (χ4v) is 5.25. The predicted molar refractivity (Wildman–Crippen MR) is 131 cm³/mol. The minimum Gasteiger partial charge on any atom is -0.497 e. The van der Waals surface area contributed by atoms with E-state index in [1.807, 2.05) is 24.3 Å². The SMILES string of the molecule is Cn1c(=O)n(CC2(COC3=CC=CC=CC3)CCC(O)(C(F)(F)F)CC2)c(=O)c2c1ncn2CC1CC1. The summed E-state index contributed by atoms with van der Waals surface area (Å²) in [6.45, 7) is 0.533. The van der Waals surface area contributed by atoms with Crippen molar-refractivity contribution in [2.75, 3.05) is 6.61 Å². The molecule has 1 N–H and O–H groups in total. The van der Waals surface area contributed by atoms with E-state index in [0.29, 0.717) is 30.2 Å². The maximum absolute atomic E-state index is 13.6. The molecule has 0 aliphatic heterocycles. The van der Waals surface area contributed by atoms with Gasteiger partial charge in [-0.25, -0.2) is 9.78 Å². The van der Waals surface area contributed by atoms with Crippen LogP contribution in [0, 0.1) is 11.3 Å². The molecule has 11 heteroatoms. The summed E-state index contributed by atoms with van der Waals surface area (Å²) in [4.78, 5) is 31.2. The Bertz CT molecular complexity index is 1380. The fourth-order valence-electron chi connectivity index (χ4n) is 5.25. The van der Waals surface area contributed by atoms with Crippen molar-refractivity contribution in [1.29, 1.82) is 0 Å². The second-order valence-corrected chi connectivity index (χ2v) is 10.7. The number of aliphatic hydroxyl groups is 1. The highest BCUT2D eigenvalue weighted by molar-refractivity contribution is 5.70. The molecular formula is C26H31F3N4O4. The summed E-state index contributed by atoms with van der Waals surface area (Å²) in [7, 11) is 1.54. The first kappa shape index (κ1) is 25.6. The minimum absolute atomic E-state index is 0.0173. The first-order valence-electron chi connectivity index (χ1n) is 12.6. The van der Waals surface area contributed by atoms with E-state index in [0.717, 1.165) is 17.4 Å². The molecule has 2 aromatic rings. The summed E-state index contributed by atoms with van der Waals surface area (Å²) in [5.41, 5.74) is -4.24. The highest BCUT2D eigenvalue weighted by Crippen LogP contribution is 2.48. The topological polar surface area (TPSA) is 91.3 Å². The van der Waals surface area contributed by atoms with Crippen LogP contribution < -0.4 is 11.2 Å². The third-order valence-electron chi connectivity index (χ3n) is 7.94. The smallest absolute Gasteiger partial charge is 0.417 e. The molecule has 0 radical (unpaired) electrons. The minimum atomic E-state index is -4.76. The molecule has 0 saturated heterocycles. The average molecular weight is 521 g/mol. The number of ether oxygens (including phenoxy) is 1. The Labute approximate surface area is 211 Å². The monoisotopic (exact) mass is 520 g/mol. The van der Waals surface area contributed by atoms with Crippen LogP contribution in [0.3, 0.4) is 0 Å². The van der Waals surface area contributed by atoms with Crippen LogP contribution in [0.4, 0.5) is 13.2 Å². The average Bonchev–Trinajstić information content (AvgIpc) is 3.63. The highest BCUT2D eigenvalue weighted by Gasteiger charge is 2.57. The molecule has 0 amide bonds. The number of aromatic nitrogens is 4. The lowest BCUT2D eigenvalue weighted by Gasteiger charge is -2.44. The summed E-state index contributed by atoms with van der Waals surface area (Å²) >= 11 is 0. The first-order chi connectivity index (χ1) is 17.5. The van der Waals surface area contributed by atoms with Gasteiger partial charge in [-0.2, -0.15) is 13.2 Å². The molecule has 0 atom stereocenters. The Kier molecular flexibility index (Phi) is 6.45. The van der Waals surface area contributed by atoms with E-state index >= 15 is 0 Å². The van der Waals surface area contributed by atoms with Gasteiger partial charge in [0.2, 0.25) is 0 Å². The van der Waals surface area contributed by atoms with Crippen LogP contribution in [0.1, 0.15) is 44.9 Å². The summed E-state index contributed by atoms with van der Waals surface area (Å²) in [5.74, 6) is 1.11. The Hall–Kier alpha value is -3.08. The molecule has 8 nitrogen and oxygen atoms in total. The van der Waals surface area contributed by atoms with Gasteiger partial charge < -0.3 is 14.4 Å². The molecule has 2 saturated carbocycles. The van der Waals surface area contributed by atoms with E-state index in [4.69, 9.17) is 4.74 Å². The molecule has 0 unspecified atom stereocenters. The molecular weight excluding hydrogens is 489 g/mol. The summed E-state index contributed by atoms with van der Waals surface area (Å²) in [6, 6.07) is 0. The zero-order chi connectivity index (χ0) is 26.4. The van der Waals surface area contributed by atoms with Gasteiger partial charge in [-0.05, 0) is 50.5 Å². The molecule has 0 spiro atoms. The molecule has 200 valence electrons. The molecule has 2 fully saturated rings. The van der Waals surface area contributed by atoms with Crippen LogP contribution in [0.25, 0.3) is 11.2 Å². The number of alkyl halides is 3. The van der Waals surface area contributed by atoms with Gasteiger partial charge in [0.15, 0.2) is 16.8 Å². The molecule has 0 bridgehead atoms. The van der Waals surface area contributed by atoms with Crippen molar-refractivity contribution in [1.82, 2.24) is 18.7 Å². The van der Waals surface area contributed by atoms with Gasteiger partial charge in [0.05, 0.1) is 18.7 Å². The summed E-state index contributed by atoms with van der Waals surface area (Å²) in [5, 5.41) is 10.3. The van der Waals surface area contributed by atoms with Crippen molar-refractivity contribution in [2.24, 2.45) is 18.4 Å². The number of fused-ring (bicyclic) bond motifs is 1. The molecule has 3 aliphatic rings. The Morgan fingerprint density at radius 2 is 1.86 bits per heavy atom. The fraction of sp³-hybridized carbons (Fsp3) is 0.577. The molecule has 2 heterocycles. The van der Waals surface area contributed by atoms with Gasteiger partial charge >= 0.3 is 11.9 Å². The predicted octanol–water partition coefficient (Wildman–Crippen LogP) is 3.58. The summed E-state index contributed by atoms with van der Waals surface area (Å²) in [6.07, 6.45) is 7.50. The largest absolute Gasteiger partial charge is 0.497 e. The van der Waals surface area contributed by atoms with E-state index in [-0.39, 0.29) is 31.6 Å². The molecule has 5 rings (SSSR count). The number of aryl methyl sites for hydroxylation is 1. The van der Waals surface area contributed by atoms with Gasteiger partial charge in [0, 0.05) is 32.0 Å². The van der Waals surface area contributed by atoms with E-state index in [2.05, 4.69) is 4.98 Å². The lowest BCUT2D eigenvalue weighted by atomic mass is 9.68. The molecule has 2 aromatic heterocycles.